The molecular weight excluding hydrogens is 220 g/mol. The van der Waals surface area contributed by atoms with Crippen LogP contribution in [0.25, 0.3) is 0 Å². The summed E-state index contributed by atoms with van der Waals surface area (Å²) in [6.07, 6.45) is 4.31. The maximum Gasteiger partial charge on any atom is 0.306 e. The Hall–Kier alpha value is -0.773. The Bertz CT molecular complexity index is 284. The summed E-state index contributed by atoms with van der Waals surface area (Å²) in [5.74, 6) is -0.0887. The Morgan fingerprint density at radius 1 is 1.62 bits per heavy atom. The Balaban J connectivity index is 2.75. The quantitative estimate of drug-likeness (QED) is 0.562. The predicted octanol–water partition coefficient (Wildman–Crippen LogP) is 2.88. The molecular formula is C12H22O3Si. The van der Waals surface area contributed by atoms with Gasteiger partial charge in [0.05, 0.1) is 24.1 Å². The molecule has 4 heteroatoms. The van der Waals surface area contributed by atoms with Crippen molar-refractivity contribution in [3.05, 3.63) is 11.5 Å². The monoisotopic (exact) mass is 242 g/mol. The van der Waals surface area contributed by atoms with Gasteiger partial charge in [-0.05, 0) is 19.8 Å². The number of carbonyl (C=O) groups is 1. The lowest BCUT2D eigenvalue weighted by Gasteiger charge is -2.32. The lowest BCUT2D eigenvalue weighted by molar-refractivity contribution is -0.142. The molecule has 16 heavy (non-hydrogen) atoms. The molecule has 1 rings (SSSR count). The smallest absolute Gasteiger partial charge is 0.306 e. The molecule has 0 aromatic heterocycles. The van der Waals surface area contributed by atoms with Gasteiger partial charge in [-0.3, -0.25) is 4.79 Å². The van der Waals surface area contributed by atoms with Crippen molar-refractivity contribution in [2.24, 2.45) is 0 Å². The molecule has 0 N–H and O–H groups in total. The third-order valence-corrected chi connectivity index (χ3v) is 7.31. The first kappa shape index (κ1) is 13.3. The minimum Gasteiger partial charge on any atom is -0.503 e. The summed E-state index contributed by atoms with van der Waals surface area (Å²) < 4.78 is 10.8. The van der Waals surface area contributed by atoms with Crippen LogP contribution in [0, 0.1) is 0 Å². The van der Waals surface area contributed by atoms with E-state index in [-0.39, 0.29) is 11.5 Å². The third-order valence-electron chi connectivity index (χ3n) is 3.29. The van der Waals surface area contributed by atoms with E-state index in [1.165, 1.54) is 0 Å². The van der Waals surface area contributed by atoms with Crippen molar-refractivity contribution >= 4 is 14.0 Å². The van der Waals surface area contributed by atoms with Gasteiger partial charge < -0.3 is 9.47 Å². The van der Waals surface area contributed by atoms with Gasteiger partial charge >= 0.3 is 5.97 Å². The third kappa shape index (κ3) is 2.87. The fourth-order valence-electron chi connectivity index (χ4n) is 1.78. The number of hydrogen-bond acceptors (Lipinski definition) is 3. The molecule has 1 atom stereocenters. The van der Waals surface area contributed by atoms with Crippen LogP contribution in [0.1, 0.15) is 26.7 Å². The highest BCUT2D eigenvalue weighted by molar-refractivity contribution is 6.87. The molecule has 0 aromatic carbocycles. The minimum absolute atomic E-state index is 0.0446. The molecule has 1 heterocycles. The summed E-state index contributed by atoms with van der Waals surface area (Å²) in [5.41, 5.74) is -0.0446. The summed E-state index contributed by atoms with van der Waals surface area (Å²) >= 11 is 0. The first-order valence-electron chi connectivity index (χ1n) is 6.00. The van der Waals surface area contributed by atoms with Gasteiger partial charge in [0.1, 0.15) is 8.07 Å². The number of esters is 1. The molecule has 1 aliphatic heterocycles. The van der Waals surface area contributed by atoms with E-state index < -0.39 is 8.07 Å². The predicted molar refractivity (Wildman–Crippen MR) is 66.8 cm³/mol. The van der Waals surface area contributed by atoms with E-state index >= 15 is 0 Å². The second-order valence-corrected chi connectivity index (χ2v) is 9.56. The lowest BCUT2D eigenvalue weighted by Crippen LogP contribution is -2.40. The topological polar surface area (TPSA) is 35.5 Å². The molecule has 0 radical (unpaired) electrons. The zero-order valence-electron chi connectivity index (χ0n) is 10.7. The van der Waals surface area contributed by atoms with Gasteiger partial charge in [0.25, 0.3) is 0 Å². The Kier molecular flexibility index (Phi) is 4.59. The molecule has 0 saturated heterocycles. The van der Waals surface area contributed by atoms with E-state index in [2.05, 4.69) is 19.2 Å². The zero-order valence-corrected chi connectivity index (χ0v) is 11.7. The highest BCUT2D eigenvalue weighted by Crippen LogP contribution is 2.32. The minimum atomic E-state index is -1.84. The number of ether oxygens (including phenoxy) is 2. The van der Waals surface area contributed by atoms with E-state index in [0.717, 1.165) is 24.8 Å². The molecule has 0 unspecified atom stereocenters. The fraction of sp³-hybridized carbons (Fsp3) is 0.750. The van der Waals surface area contributed by atoms with Gasteiger partial charge in [0.2, 0.25) is 0 Å². The van der Waals surface area contributed by atoms with Gasteiger partial charge in [-0.1, -0.05) is 26.1 Å². The molecule has 1 aliphatic rings. The van der Waals surface area contributed by atoms with E-state index in [0.29, 0.717) is 6.61 Å². The SMILES string of the molecule is CCOC(=O)[C@@H](C)[Si](C)(C)C1=CCCCO1. The van der Waals surface area contributed by atoms with Gasteiger partial charge in [0.15, 0.2) is 0 Å². The highest BCUT2D eigenvalue weighted by Gasteiger charge is 2.40. The Labute approximate surface area is 98.8 Å². The maximum atomic E-state index is 11.8. The molecule has 0 aliphatic carbocycles. The lowest BCUT2D eigenvalue weighted by atomic mass is 10.3. The summed E-state index contributed by atoms with van der Waals surface area (Å²) in [4.78, 5) is 11.8. The molecule has 0 bridgehead atoms. The number of hydrogen-bond donors (Lipinski definition) is 0. The number of carbonyl (C=O) groups excluding carboxylic acids is 1. The molecule has 0 spiro atoms. The maximum absolute atomic E-state index is 11.8. The van der Waals surface area contributed by atoms with Crippen LogP contribution in [0.4, 0.5) is 0 Å². The van der Waals surface area contributed by atoms with Gasteiger partial charge in [-0.2, -0.15) is 0 Å². The molecule has 3 nitrogen and oxygen atoms in total. The normalized spacial score (nSPS) is 18.4. The van der Waals surface area contributed by atoms with Crippen LogP contribution < -0.4 is 0 Å². The van der Waals surface area contributed by atoms with Gasteiger partial charge in [-0.25, -0.2) is 0 Å². The van der Waals surface area contributed by atoms with Crippen LogP contribution >= 0.6 is 0 Å². The summed E-state index contributed by atoms with van der Waals surface area (Å²) in [5, 5.41) is 1.07. The molecule has 0 fully saturated rings. The van der Waals surface area contributed by atoms with Crippen molar-refractivity contribution in [2.45, 2.75) is 45.3 Å². The van der Waals surface area contributed by atoms with Crippen molar-refractivity contribution in [3.63, 3.8) is 0 Å². The average molecular weight is 242 g/mol. The van der Waals surface area contributed by atoms with Gasteiger partial charge in [0, 0.05) is 0 Å². The molecule has 92 valence electrons. The van der Waals surface area contributed by atoms with Crippen molar-refractivity contribution in [3.8, 4) is 0 Å². The summed E-state index contributed by atoms with van der Waals surface area (Å²) in [6, 6.07) is 0. The number of rotatable bonds is 4. The molecule has 0 saturated carbocycles. The van der Waals surface area contributed by atoms with Crippen molar-refractivity contribution in [1.29, 1.82) is 0 Å². The van der Waals surface area contributed by atoms with Gasteiger partial charge in [-0.15, -0.1) is 0 Å². The second-order valence-electron chi connectivity index (χ2n) is 4.75. The first-order valence-corrected chi connectivity index (χ1v) is 9.08. The largest absolute Gasteiger partial charge is 0.503 e. The van der Waals surface area contributed by atoms with Crippen LogP contribution in [0.3, 0.4) is 0 Å². The highest BCUT2D eigenvalue weighted by atomic mass is 28.3. The van der Waals surface area contributed by atoms with Crippen LogP contribution in [-0.2, 0) is 14.3 Å². The zero-order chi connectivity index (χ0) is 12.2. The first-order chi connectivity index (χ1) is 7.50. The van der Waals surface area contributed by atoms with E-state index in [1.807, 2.05) is 13.8 Å². The Morgan fingerprint density at radius 3 is 2.81 bits per heavy atom. The van der Waals surface area contributed by atoms with Crippen molar-refractivity contribution in [1.82, 2.24) is 0 Å². The van der Waals surface area contributed by atoms with E-state index in [1.54, 1.807) is 0 Å². The van der Waals surface area contributed by atoms with E-state index in [9.17, 15) is 4.79 Å². The second kappa shape index (κ2) is 5.52. The van der Waals surface area contributed by atoms with Crippen molar-refractivity contribution in [2.75, 3.05) is 13.2 Å². The fourth-order valence-corrected chi connectivity index (χ4v) is 4.03. The standard InChI is InChI=1S/C12H22O3Si/c1-5-14-12(13)10(2)16(3,4)11-8-6-7-9-15-11/h8,10H,5-7,9H2,1-4H3/t10-/m1/s1. The van der Waals surface area contributed by atoms with Crippen LogP contribution in [-0.4, -0.2) is 27.3 Å². The number of allylic oxidation sites excluding steroid dienone is 1. The van der Waals surface area contributed by atoms with Crippen LogP contribution in [0.5, 0.6) is 0 Å². The van der Waals surface area contributed by atoms with Crippen molar-refractivity contribution < 1.29 is 14.3 Å². The average Bonchev–Trinajstić information content (AvgIpc) is 2.29. The Morgan fingerprint density at radius 2 is 2.31 bits per heavy atom. The van der Waals surface area contributed by atoms with E-state index in [4.69, 9.17) is 9.47 Å². The summed E-state index contributed by atoms with van der Waals surface area (Å²) in [7, 11) is -1.84. The molecule has 0 amide bonds. The summed E-state index contributed by atoms with van der Waals surface area (Å²) in [6.45, 7) is 9.39. The van der Waals surface area contributed by atoms with Crippen LogP contribution in [0.2, 0.25) is 18.6 Å². The van der Waals surface area contributed by atoms with Crippen LogP contribution in [0.15, 0.2) is 11.5 Å². The molecule has 0 aromatic rings.